The number of rotatable bonds is 5. The van der Waals surface area contributed by atoms with E-state index in [0.29, 0.717) is 13.0 Å². The summed E-state index contributed by atoms with van der Waals surface area (Å²) in [6.07, 6.45) is -4.10. The lowest BCUT2D eigenvalue weighted by Gasteiger charge is -2.14. The molecule has 9 heteroatoms. The molecule has 2 rings (SSSR count). The van der Waals surface area contributed by atoms with Crippen LogP contribution in [0, 0.1) is 11.3 Å². The zero-order chi connectivity index (χ0) is 17.0. The first-order valence-corrected chi connectivity index (χ1v) is 6.76. The Bertz CT molecular complexity index is 651. The summed E-state index contributed by atoms with van der Waals surface area (Å²) in [4.78, 5) is 23.7. The van der Waals surface area contributed by atoms with Gasteiger partial charge in [-0.05, 0) is 24.6 Å². The van der Waals surface area contributed by atoms with Crippen LogP contribution in [-0.4, -0.2) is 36.5 Å². The van der Waals surface area contributed by atoms with Crippen LogP contribution in [0.15, 0.2) is 18.2 Å². The number of imide groups is 1. The van der Waals surface area contributed by atoms with E-state index in [1.165, 1.54) is 6.07 Å². The zero-order valence-corrected chi connectivity index (χ0v) is 11.9. The minimum atomic E-state index is -4.51. The third-order valence-corrected chi connectivity index (χ3v) is 3.28. The largest absolute Gasteiger partial charge is 0.416 e. The lowest BCUT2D eigenvalue weighted by atomic mass is 10.1. The summed E-state index contributed by atoms with van der Waals surface area (Å²) in [5, 5.41) is 14.2. The number of halogens is 3. The summed E-state index contributed by atoms with van der Waals surface area (Å²) in [5.41, 5.74) is -0.730. The van der Waals surface area contributed by atoms with Gasteiger partial charge in [0.15, 0.2) is 0 Å². The fourth-order valence-corrected chi connectivity index (χ4v) is 2.11. The smallest absolute Gasteiger partial charge is 0.384 e. The van der Waals surface area contributed by atoms with Gasteiger partial charge in [-0.3, -0.25) is 9.69 Å². The summed E-state index contributed by atoms with van der Waals surface area (Å²) >= 11 is 0. The van der Waals surface area contributed by atoms with E-state index < -0.39 is 17.8 Å². The van der Waals surface area contributed by atoms with Crippen molar-refractivity contribution < 1.29 is 22.8 Å². The molecule has 1 aliphatic heterocycles. The van der Waals surface area contributed by atoms with Gasteiger partial charge in [-0.15, -0.1) is 0 Å². The van der Waals surface area contributed by atoms with E-state index >= 15 is 0 Å². The minimum absolute atomic E-state index is 0.0241. The van der Waals surface area contributed by atoms with Crippen LogP contribution in [0.5, 0.6) is 0 Å². The zero-order valence-electron chi connectivity index (χ0n) is 11.9. The quantitative estimate of drug-likeness (QED) is 0.639. The number of anilines is 1. The van der Waals surface area contributed by atoms with Gasteiger partial charge in [0.1, 0.15) is 6.07 Å². The Labute approximate surface area is 129 Å². The first-order valence-electron chi connectivity index (χ1n) is 6.76. The van der Waals surface area contributed by atoms with Crippen LogP contribution in [0.3, 0.4) is 0 Å². The molecule has 1 saturated heterocycles. The van der Waals surface area contributed by atoms with Crippen LogP contribution in [-0.2, 0) is 11.0 Å². The predicted molar refractivity (Wildman–Crippen MR) is 74.4 cm³/mol. The summed E-state index contributed by atoms with van der Waals surface area (Å²) in [6.45, 7) is 0.473. The number of amides is 3. The fourth-order valence-electron chi connectivity index (χ4n) is 2.11. The molecule has 1 aromatic carbocycles. The van der Waals surface area contributed by atoms with Gasteiger partial charge in [0.05, 0.1) is 23.4 Å². The molecule has 6 nitrogen and oxygen atoms in total. The molecule has 1 aromatic rings. The van der Waals surface area contributed by atoms with Gasteiger partial charge >= 0.3 is 12.2 Å². The molecule has 0 atom stereocenters. The van der Waals surface area contributed by atoms with E-state index in [0.717, 1.165) is 17.0 Å². The van der Waals surface area contributed by atoms with Crippen LogP contribution < -0.4 is 10.6 Å². The number of nitriles is 1. The lowest BCUT2D eigenvalue weighted by Crippen LogP contribution is -2.32. The van der Waals surface area contributed by atoms with Crippen LogP contribution in [0.4, 0.5) is 23.7 Å². The van der Waals surface area contributed by atoms with Gasteiger partial charge in [0.2, 0.25) is 5.91 Å². The molecule has 0 bridgehead atoms. The number of benzene rings is 1. The summed E-state index contributed by atoms with van der Waals surface area (Å²) in [6, 6.07) is 4.11. The van der Waals surface area contributed by atoms with Crippen LogP contribution in [0.2, 0.25) is 0 Å². The molecule has 0 aromatic heterocycles. The molecule has 3 amide bonds. The van der Waals surface area contributed by atoms with Gasteiger partial charge in [0, 0.05) is 13.1 Å². The van der Waals surface area contributed by atoms with E-state index in [2.05, 4.69) is 10.6 Å². The van der Waals surface area contributed by atoms with Crippen molar-refractivity contribution in [3.63, 3.8) is 0 Å². The number of nitrogens with one attached hydrogen (secondary N) is 2. The lowest BCUT2D eigenvalue weighted by molar-refractivity contribution is -0.137. The highest BCUT2D eigenvalue weighted by molar-refractivity contribution is 6.01. The average Bonchev–Trinajstić information content (AvgIpc) is 2.82. The monoisotopic (exact) mass is 326 g/mol. The van der Waals surface area contributed by atoms with Crippen LogP contribution >= 0.6 is 0 Å². The summed E-state index contributed by atoms with van der Waals surface area (Å²) in [5.74, 6) is -0.317. The molecule has 2 N–H and O–H groups in total. The summed E-state index contributed by atoms with van der Waals surface area (Å²) in [7, 11) is 0. The van der Waals surface area contributed by atoms with E-state index in [9.17, 15) is 22.8 Å². The number of carbonyl (C=O) groups excluding carboxylic acids is 2. The Morgan fingerprint density at radius 3 is 2.65 bits per heavy atom. The molecule has 23 heavy (non-hydrogen) atoms. The Morgan fingerprint density at radius 1 is 1.35 bits per heavy atom. The summed E-state index contributed by atoms with van der Waals surface area (Å²) < 4.78 is 37.8. The van der Waals surface area contributed by atoms with Crippen molar-refractivity contribution >= 4 is 17.6 Å². The molecular formula is C14H13F3N4O2. The van der Waals surface area contributed by atoms with Crippen molar-refractivity contribution in [1.29, 1.82) is 5.26 Å². The Morgan fingerprint density at radius 2 is 2.09 bits per heavy atom. The molecule has 0 aliphatic carbocycles. The van der Waals surface area contributed by atoms with Gasteiger partial charge in [-0.1, -0.05) is 0 Å². The SMILES string of the molecule is N#Cc1cc(C(F)(F)F)ccc1NCCCN1C(=O)CNC1=O. The van der Waals surface area contributed by atoms with E-state index in [-0.39, 0.29) is 30.2 Å². The van der Waals surface area contributed by atoms with Crippen molar-refractivity contribution in [3.05, 3.63) is 29.3 Å². The molecule has 0 unspecified atom stereocenters. The minimum Gasteiger partial charge on any atom is -0.384 e. The molecule has 1 fully saturated rings. The maximum absolute atomic E-state index is 12.6. The van der Waals surface area contributed by atoms with E-state index in [4.69, 9.17) is 5.26 Å². The normalized spacial score (nSPS) is 14.6. The molecule has 1 aliphatic rings. The Balaban J connectivity index is 1.92. The number of urea groups is 1. The number of hydrogen-bond acceptors (Lipinski definition) is 4. The third kappa shape index (κ3) is 3.91. The highest BCUT2D eigenvalue weighted by atomic mass is 19.4. The van der Waals surface area contributed by atoms with Crippen LogP contribution in [0.25, 0.3) is 0 Å². The van der Waals surface area contributed by atoms with E-state index in [1.54, 1.807) is 6.07 Å². The second-order valence-corrected chi connectivity index (χ2v) is 4.85. The van der Waals surface area contributed by atoms with Gasteiger partial charge in [0.25, 0.3) is 0 Å². The van der Waals surface area contributed by atoms with Gasteiger partial charge in [-0.25, -0.2) is 4.79 Å². The van der Waals surface area contributed by atoms with Crippen molar-refractivity contribution in [2.45, 2.75) is 12.6 Å². The van der Waals surface area contributed by atoms with Crippen molar-refractivity contribution in [2.24, 2.45) is 0 Å². The number of nitrogens with zero attached hydrogens (tertiary/aromatic N) is 2. The molecule has 122 valence electrons. The van der Waals surface area contributed by atoms with Crippen molar-refractivity contribution in [1.82, 2.24) is 10.2 Å². The second-order valence-electron chi connectivity index (χ2n) is 4.85. The Hall–Kier alpha value is -2.76. The third-order valence-electron chi connectivity index (χ3n) is 3.28. The maximum atomic E-state index is 12.6. The standard InChI is InChI=1S/C14H13F3N4O2/c15-14(16,17)10-2-3-11(9(6-10)7-18)19-4-1-5-21-12(22)8-20-13(21)23/h2-3,6,19H,1,4-5,8H2,(H,20,23). The van der Waals surface area contributed by atoms with Crippen molar-refractivity contribution in [2.75, 3.05) is 25.0 Å². The Kier molecular flexibility index (Phi) is 4.74. The van der Waals surface area contributed by atoms with Crippen molar-refractivity contribution in [3.8, 4) is 6.07 Å². The first kappa shape index (κ1) is 16.6. The average molecular weight is 326 g/mol. The molecule has 0 spiro atoms. The molecule has 0 saturated carbocycles. The van der Waals surface area contributed by atoms with Crippen LogP contribution in [0.1, 0.15) is 17.5 Å². The molecular weight excluding hydrogens is 313 g/mol. The first-order chi connectivity index (χ1) is 10.8. The fraction of sp³-hybridized carbons (Fsp3) is 0.357. The second kappa shape index (κ2) is 6.56. The number of alkyl halides is 3. The topological polar surface area (TPSA) is 85.2 Å². The number of carbonyl (C=O) groups is 2. The molecule has 0 radical (unpaired) electrons. The predicted octanol–water partition coefficient (Wildman–Crippen LogP) is 1.93. The highest BCUT2D eigenvalue weighted by Crippen LogP contribution is 2.31. The molecule has 1 heterocycles. The van der Waals surface area contributed by atoms with Gasteiger partial charge in [-0.2, -0.15) is 18.4 Å². The van der Waals surface area contributed by atoms with Gasteiger partial charge < -0.3 is 10.6 Å². The maximum Gasteiger partial charge on any atom is 0.416 e. The highest BCUT2D eigenvalue weighted by Gasteiger charge is 2.31. The van der Waals surface area contributed by atoms with E-state index in [1.807, 2.05) is 0 Å². The number of hydrogen-bond donors (Lipinski definition) is 2.